The number of rotatable bonds is 33. The fourth-order valence-corrected chi connectivity index (χ4v) is 5.16. The fraction of sp³-hybridized carbons (Fsp3) is 0.935. The number of carbonyl (C=O) groups is 2. The number of esters is 1. The molecular formula is C31H60O10S. The molecule has 0 radical (unpaired) electrons. The van der Waals surface area contributed by atoms with E-state index in [1.165, 1.54) is 96.3 Å². The third-order valence-corrected chi connectivity index (χ3v) is 8.13. The molecule has 0 aromatic rings. The van der Waals surface area contributed by atoms with Crippen LogP contribution in [0.1, 0.15) is 123 Å². The zero-order valence-electron chi connectivity index (χ0n) is 26.5. The molecule has 10 nitrogen and oxygen atoms in total. The number of carbonyl (C=O) groups excluding carboxylic acids is 2. The van der Waals surface area contributed by atoms with Crippen molar-refractivity contribution < 1.29 is 46.2 Å². The molecule has 1 unspecified atom stereocenters. The van der Waals surface area contributed by atoms with Gasteiger partial charge in [0, 0.05) is 6.61 Å². The predicted octanol–water partition coefficient (Wildman–Crippen LogP) is 6.09. The van der Waals surface area contributed by atoms with Gasteiger partial charge in [-0.2, -0.15) is 8.42 Å². The molecule has 1 N–H and O–H groups in total. The normalized spacial score (nSPS) is 12.5. The van der Waals surface area contributed by atoms with Crippen molar-refractivity contribution >= 4 is 21.9 Å². The number of ether oxygens (including phenoxy) is 5. The first-order valence-electron chi connectivity index (χ1n) is 16.2. The van der Waals surface area contributed by atoms with Crippen molar-refractivity contribution in [1.29, 1.82) is 0 Å². The van der Waals surface area contributed by atoms with Gasteiger partial charge < -0.3 is 23.7 Å². The molecule has 0 rings (SSSR count). The van der Waals surface area contributed by atoms with Gasteiger partial charge in [-0.05, 0) is 13.3 Å². The summed E-state index contributed by atoms with van der Waals surface area (Å²) in [6.07, 6.45) is 21.0. The molecule has 0 aromatic carbocycles. The lowest BCUT2D eigenvalue weighted by Gasteiger charge is -2.10. The van der Waals surface area contributed by atoms with Crippen molar-refractivity contribution in [3.63, 3.8) is 0 Å². The maximum absolute atomic E-state index is 11.6. The monoisotopic (exact) mass is 624 g/mol. The predicted molar refractivity (Wildman–Crippen MR) is 164 cm³/mol. The summed E-state index contributed by atoms with van der Waals surface area (Å²) in [7, 11) is -4.64. The van der Waals surface area contributed by atoms with Gasteiger partial charge in [-0.1, -0.05) is 103 Å². The first-order chi connectivity index (χ1) is 20.3. The van der Waals surface area contributed by atoms with E-state index in [4.69, 9.17) is 28.2 Å². The van der Waals surface area contributed by atoms with Crippen LogP contribution < -0.4 is 0 Å². The first-order valence-corrected chi connectivity index (χ1v) is 17.7. The van der Waals surface area contributed by atoms with Crippen molar-refractivity contribution in [2.24, 2.45) is 0 Å². The fourth-order valence-electron chi connectivity index (χ4n) is 4.40. The van der Waals surface area contributed by atoms with Crippen molar-refractivity contribution in [3.05, 3.63) is 0 Å². The van der Waals surface area contributed by atoms with Gasteiger partial charge in [-0.15, -0.1) is 0 Å². The minimum atomic E-state index is -4.64. The highest BCUT2D eigenvalue weighted by atomic mass is 32.2. The molecule has 0 saturated heterocycles. The number of unbranched alkanes of at least 4 members (excludes halogenated alkanes) is 15. The van der Waals surface area contributed by atoms with Crippen LogP contribution in [0.2, 0.25) is 0 Å². The largest absolute Gasteiger partial charge is 0.463 e. The third-order valence-electron chi connectivity index (χ3n) is 6.91. The van der Waals surface area contributed by atoms with Gasteiger partial charge >= 0.3 is 5.97 Å². The molecule has 0 aromatic heterocycles. The van der Waals surface area contributed by atoms with E-state index < -0.39 is 33.5 Å². The van der Waals surface area contributed by atoms with Crippen LogP contribution in [0.15, 0.2) is 0 Å². The van der Waals surface area contributed by atoms with Crippen molar-refractivity contribution in [1.82, 2.24) is 0 Å². The summed E-state index contributed by atoms with van der Waals surface area (Å²) in [5.41, 5.74) is 0. The lowest BCUT2D eigenvalue weighted by atomic mass is 10.0. The van der Waals surface area contributed by atoms with E-state index in [9.17, 15) is 18.0 Å². The van der Waals surface area contributed by atoms with Crippen LogP contribution in [-0.2, 0) is 43.4 Å². The maximum atomic E-state index is 11.6. The lowest BCUT2D eigenvalue weighted by molar-refractivity contribution is -0.146. The Morgan fingerprint density at radius 3 is 1.24 bits per heavy atom. The summed E-state index contributed by atoms with van der Waals surface area (Å²) in [5, 5.41) is -1.81. The second-order valence-electron chi connectivity index (χ2n) is 10.8. The van der Waals surface area contributed by atoms with Crippen LogP contribution in [0.4, 0.5) is 0 Å². The van der Waals surface area contributed by atoms with Crippen LogP contribution >= 0.6 is 0 Å². The summed E-state index contributed by atoms with van der Waals surface area (Å²) in [4.78, 5) is 22.8. The van der Waals surface area contributed by atoms with Gasteiger partial charge in [0.15, 0.2) is 11.0 Å². The summed E-state index contributed by atoms with van der Waals surface area (Å²) in [6, 6.07) is 0. The van der Waals surface area contributed by atoms with Crippen LogP contribution in [0.25, 0.3) is 0 Å². The number of hydrogen-bond acceptors (Lipinski definition) is 9. The molecule has 0 aliphatic rings. The zero-order chi connectivity index (χ0) is 31.2. The van der Waals surface area contributed by atoms with E-state index in [0.29, 0.717) is 39.6 Å². The molecule has 0 aliphatic heterocycles. The lowest BCUT2D eigenvalue weighted by Crippen LogP contribution is -2.31. The molecule has 0 aliphatic carbocycles. The molecule has 1 atom stereocenters. The Labute approximate surface area is 255 Å². The standard InChI is InChI=1S/C31H60O10S/c1-3-4-5-6-7-8-9-10-11-12-13-14-15-16-17-18-19-37-20-21-38-22-23-39-24-25-40-26-27-41-31(33)28-30(29(2)32)42(34,35)36/h30H,3-28H2,1-2H3,(H,34,35,36). The number of Topliss-reactive ketones (excluding diaryl/α,β-unsaturated/α-hetero) is 1. The van der Waals surface area contributed by atoms with Gasteiger partial charge in [0.05, 0.1) is 52.7 Å². The Morgan fingerprint density at radius 2 is 0.881 bits per heavy atom. The molecule has 11 heteroatoms. The Kier molecular flexibility index (Phi) is 29.1. The van der Waals surface area contributed by atoms with Gasteiger partial charge in [0.1, 0.15) is 6.61 Å². The second-order valence-corrected chi connectivity index (χ2v) is 12.4. The molecular weight excluding hydrogens is 564 g/mol. The Morgan fingerprint density at radius 1 is 0.548 bits per heavy atom. The van der Waals surface area contributed by atoms with E-state index in [1.807, 2.05) is 0 Å². The van der Waals surface area contributed by atoms with Crippen LogP contribution in [-0.4, -0.2) is 89.4 Å². The molecule has 0 saturated carbocycles. The average molecular weight is 625 g/mol. The van der Waals surface area contributed by atoms with Gasteiger partial charge in [-0.25, -0.2) is 0 Å². The molecule has 0 spiro atoms. The van der Waals surface area contributed by atoms with Gasteiger partial charge in [-0.3, -0.25) is 14.1 Å². The smallest absolute Gasteiger partial charge is 0.307 e. The summed E-state index contributed by atoms with van der Waals surface area (Å²) in [5.74, 6) is -1.73. The topological polar surface area (TPSA) is 135 Å². The summed E-state index contributed by atoms with van der Waals surface area (Å²) < 4.78 is 57.7. The highest BCUT2D eigenvalue weighted by Gasteiger charge is 2.31. The third kappa shape index (κ3) is 29.0. The van der Waals surface area contributed by atoms with Crippen molar-refractivity contribution in [2.45, 2.75) is 128 Å². The van der Waals surface area contributed by atoms with Crippen molar-refractivity contribution in [2.75, 3.05) is 59.5 Å². The first kappa shape index (κ1) is 40.9. The zero-order valence-corrected chi connectivity index (χ0v) is 27.3. The minimum Gasteiger partial charge on any atom is -0.463 e. The van der Waals surface area contributed by atoms with E-state index in [2.05, 4.69) is 6.92 Å². The second kappa shape index (κ2) is 29.9. The van der Waals surface area contributed by atoms with Crippen LogP contribution in [0, 0.1) is 0 Å². The Hall–Kier alpha value is -1.11. The minimum absolute atomic E-state index is 0.0962. The number of ketones is 1. The maximum Gasteiger partial charge on any atom is 0.307 e. The van der Waals surface area contributed by atoms with Crippen LogP contribution in [0.3, 0.4) is 0 Å². The summed E-state index contributed by atoms with van der Waals surface area (Å²) >= 11 is 0. The van der Waals surface area contributed by atoms with E-state index in [-0.39, 0.29) is 13.2 Å². The highest BCUT2D eigenvalue weighted by Crippen LogP contribution is 2.13. The molecule has 250 valence electrons. The average Bonchev–Trinajstić information content (AvgIpc) is 2.94. The van der Waals surface area contributed by atoms with E-state index >= 15 is 0 Å². The van der Waals surface area contributed by atoms with Crippen LogP contribution in [0.5, 0.6) is 0 Å². The van der Waals surface area contributed by atoms with E-state index in [1.54, 1.807) is 0 Å². The highest BCUT2D eigenvalue weighted by molar-refractivity contribution is 7.87. The molecule has 0 heterocycles. The van der Waals surface area contributed by atoms with Gasteiger partial charge in [0.25, 0.3) is 10.1 Å². The van der Waals surface area contributed by atoms with E-state index in [0.717, 1.165) is 20.0 Å². The molecule has 42 heavy (non-hydrogen) atoms. The molecule has 0 amide bonds. The molecule has 0 bridgehead atoms. The number of hydrogen-bond donors (Lipinski definition) is 1. The summed E-state index contributed by atoms with van der Waals surface area (Å²) in [6.45, 7) is 6.68. The van der Waals surface area contributed by atoms with Gasteiger partial charge in [0.2, 0.25) is 0 Å². The quantitative estimate of drug-likeness (QED) is 0.0519. The Balaban J connectivity index is 3.25. The SMILES string of the molecule is CCCCCCCCCCCCCCCCCCOCCOCCOCCOCCOC(=O)CC(C(C)=O)S(=O)(=O)O. The Bertz CT molecular complexity index is 729. The van der Waals surface area contributed by atoms with Crippen molar-refractivity contribution in [3.8, 4) is 0 Å². The molecule has 0 fully saturated rings.